The minimum absolute atomic E-state index is 0.0468. The van der Waals surface area contributed by atoms with E-state index in [9.17, 15) is 9.90 Å². The lowest BCUT2D eigenvalue weighted by Crippen LogP contribution is -2.45. The predicted octanol–water partition coefficient (Wildman–Crippen LogP) is 2.15. The van der Waals surface area contributed by atoms with Gasteiger partial charge in [-0.05, 0) is 50.7 Å². The normalized spacial score (nSPS) is 17.3. The molecule has 0 aliphatic carbocycles. The molecule has 0 amide bonds. The summed E-state index contributed by atoms with van der Waals surface area (Å²) in [7, 11) is 0. The van der Waals surface area contributed by atoms with Crippen molar-refractivity contribution in [1.82, 2.24) is 10.6 Å². The predicted molar refractivity (Wildman–Crippen MR) is 90.2 cm³/mol. The van der Waals surface area contributed by atoms with Crippen molar-refractivity contribution in [2.75, 3.05) is 13.2 Å². The molecule has 7 heteroatoms. The van der Waals surface area contributed by atoms with E-state index in [0.717, 1.165) is 5.56 Å². The van der Waals surface area contributed by atoms with Crippen LogP contribution < -0.4 is 15.4 Å². The van der Waals surface area contributed by atoms with Gasteiger partial charge in [-0.2, -0.15) is 0 Å². The number of phenols is 1. The van der Waals surface area contributed by atoms with E-state index in [-0.39, 0.29) is 12.4 Å². The van der Waals surface area contributed by atoms with Gasteiger partial charge in [-0.1, -0.05) is 6.07 Å². The van der Waals surface area contributed by atoms with Crippen LogP contribution in [-0.4, -0.2) is 29.4 Å². The first-order valence-corrected chi connectivity index (χ1v) is 7.79. The lowest BCUT2D eigenvalue weighted by molar-refractivity contribution is -0.139. The van der Waals surface area contributed by atoms with Crippen LogP contribution in [0, 0.1) is 0 Å². The summed E-state index contributed by atoms with van der Waals surface area (Å²) >= 11 is 5.18. The molecule has 0 fully saturated rings. The fourth-order valence-electron chi connectivity index (χ4n) is 2.40. The number of aromatic hydroxyl groups is 1. The third-order valence-electron chi connectivity index (χ3n) is 3.38. The molecular weight excluding hydrogens is 316 g/mol. The molecule has 1 heterocycles. The Bertz CT molecular complexity index is 657. The highest BCUT2D eigenvalue weighted by Crippen LogP contribution is 2.34. The van der Waals surface area contributed by atoms with E-state index < -0.39 is 12.0 Å². The van der Waals surface area contributed by atoms with Gasteiger partial charge >= 0.3 is 5.97 Å². The summed E-state index contributed by atoms with van der Waals surface area (Å²) < 4.78 is 10.5. The zero-order valence-electron chi connectivity index (χ0n) is 13.3. The quantitative estimate of drug-likeness (QED) is 0.561. The summed E-state index contributed by atoms with van der Waals surface area (Å²) in [5.74, 6) is -0.00820. The van der Waals surface area contributed by atoms with E-state index >= 15 is 0 Å². The molecule has 0 bridgehead atoms. The van der Waals surface area contributed by atoms with Crippen molar-refractivity contribution in [3.8, 4) is 11.5 Å². The Morgan fingerprint density at radius 1 is 1.35 bits per heavy atom. The average Bonchev–Trinajstić information content (AvgIpc) is 2.49. The molecule has 1 aromatic carbocycles. The molecule has 6 nitrogen and oxygen atoms in total. The Kier molecular flexibility index (Phi) is 5.44. The molecule has 0 aromatic heterocycles. The van der Waals surface area contributed by atoms with Crippen LogP contribution in [0.1, 0.15) is 32.4 Å². The van der Waals surface area contributed by atoms with Gasteiger partial charge in [0.1, 0.15) is 0 Å². The fourth-order valence-corrected chi connectivity index (χ4v) is 2.68. The van der Waals surface area contributed by atoms with Crippen LogP contribution in [0.4, 0.5) is 0 Å². The summed E-state index contributed by atoms with van der Waals surface area (Å²) in [5, 5.41) is 16.3. The van der Waals surface area contributed by atoms with E-state index in [1.54, 1.807) is 26.0 Å². The first-order valence-electron chi connectivity index (χ1n) is 7.39. The molecular formula is C16H20N2O4S. The molecule has 0 spiro atoms. The molecule has 0 unspecified atom stereocenters. The van der Waals surface area contributed by atoms with E-state index in [1.165, 1.54) is 6.07 Å². The maximum absolute atomic E-state index is 12.3. The largest absolute Gasteiger partial charge is 0.504 e. The van der Waals surface area contributed by atoms with E-state index in [0.29, 0.717) is 28.7 Å². The number of ether oxygens (including phenoxy) is 2. The number of rotatable bonds is 5. The first-order chi connectivity index (χ1) is 11.0. The molecule has 124 valence electrons. The number of hydrogen-bond acceptors (Lipinski definition) is 5. The molecule has 1 aliphatic heterocycles. The molecule has 3 N–H and O–H groups in total. The maximum Gasteiger partial charge on any atom is 0.338 e. The van der Waals surface area contributed by atoms with Gasteiger partial charge < -0.3 is 25.2 Å². The van der Waals surface area contributed by atoms with Crippen LogP contribution in [-0.2, 0) is 9.53 Å². The number of hydrogen-bond donors (Lipinski definition) is 3. The highest BCUT2D eigenvalue weighted by molar-refractivity contribution is 7.80. The summed E-state index contributed by atoms with van der Waals surface area (Å²) in [6.45, 7) is 6.07. The van der Waals surface area contributed by atoms with Crippen molar-refractivity contribution < 1.29 is 19.4 Å². The molecule has 1 atom stereocenters. The van der Waals surface area contributed by atoms with Crippen molar-refractivity contribution >= 4 is 23.3 Å². The topological polar surface area (TPSA) is 79.8 Å². The minimum Gasteiger partial charge on any atom is -0.504 e. The number of carbonyl (C=O) groups excluding carboxylic acids is 1. The van der Waals surface area contributed by atoms with Crippen molar-refractivity contribution in [2.45, 2.75) is 26.8 Å². The highest BCUT2D eigenvalue weighted by atomic mass is 32.1. The van der Waals surface area contributed by atoms with Gasteiger partial charge in [-0.15, -0.1) is 0 Å². The molecule has 0 saturated carbocycles. The van der Waals surface area contributed by atoms with E-state index in [4.69, 9.17) is 21.7 Å². The zero-order valence-corrected chi connectivity index (χ0v) is 14.1. The average molecular weight is 336 g/mol. The van der Waals surface area contributed by atoms with Crippen LogP contribution in [0.3, 0.4) is 0 Å². The third kappa shape index (κ3) is 3.73. The summed E-state index contributed by atoms with van der Waals surface area (Å²) in [6, 6.07) is 4.47. The van der Waals surface area contributed by atoms with Gasteiger partial charge in [0.05, 0.1) is 24.8 Å². The van der Waals surface area contributed by atoms with Crippen LogP contribution in [0.2, 0.25) is 0 Å². The number of esters is 1. The number of thiocarbonyl (C=S) groups is 1. The van der Waals surface area contributed by atoms with E-state index in [1.807, 2.05) is 6.92 Å². The Labute approximate surface area is 140 Å². The summed E-state index contributed by atoms with van der Waals surface area (Å²) in [6.07, 6.45) is 0. The monoisotopic (exact) mass is 336 g/mol. The van der Waals surface area contributed by atoms with Crippen LogP contribution in [0.5, 0.6) is 11.5 Å². The highest BCUT2D eigenvalue weighted by Gasteiger charge is 2.31. The fraction of sp³-hybridized carbons (Fsp3) is 0.375. The lowest BCUT2D eigenvalue weighted by atomic mass is 9.95. The van der Waals surface area contributed by atoms with Gasteiger partial charge in [0.15, 0.2) is 16.6 Å². The Hall–Kier alpha value is -2.28. The number of phenolic OH excluding ortho intramolecular Hbond substituents is 1. The molecule has 1 aromatic rings. The number of allylic oxidation sites excluding steroid dienone is 1. The molecule has 2 rings (SSSR count). The van der Waals surface area contributed by atoms with Crippen molar-refractivity contribution in [1.29, 1.82) is 0 Å². The molecule has 23 heavy (non-hydrogen) atoms. The Balaban J connectivity index is 2.45. The first kappa shape index (κ1) is 17.1. The lowest BCUT2D eigenvalue weighted by Gasteiger charge is -2.30. The second-order valence-corrected chi connectivity index (χ2v) is 5.36. The Morgan fingerprint density at radius 2 is 2.09 bits per heavy atom. The molecule has 0 saturated heterocycles. The second kappa shape index (κ2) is 7.32. The van der Waals surface area contributed by atoms with Crippen molar-refractivity contribution in [3.63, 3.8) is 0 Å². The standard InChI is InChI=1S/C16H20N2O4S/c1-4-21-12-8-10(6-7-11(12)19)14-13(15(20)22-5-2)9(3)17-16(23)18-14/h6-8,14,19H,4-5H2,1-3H3,(H2,17,18,23)/t14-/m1/s1. The van der Waals surface area contributed by atoms with Gasteiger partial charge in [0.2, 0.25) is 0 Å². The van der Waals surface area contributed by atoms with Crippen LogP contribution in [0.25, 0.3) is 0 Å². The number of carbonyl (C=O) groups is 1. The number of benzene rings is 1. The molecule has 1 aliphatic rings. The van der Waals surface area contributed by atoms with Gasteiger partial charge in [-0.3, -0.25) is 0 Å². The van der Waals surface area contributed by atoms with Gasteiger partial charge in [-0.25, -0.2) is 4.79 Å². The van der Waals surface area contributed by atoms with Gasteiger partial charge in [0.25, 0.3) is 0 Å². The van der Waals surface area contributed by atoms with Gasteiger partial charge in [0, 0.05) is 5.70 Å². The van der Waals surface area contributed by atoms with Crippen molar-refractivity contribution in [2.24, 2.45) is 0 Å². The smallest absolute Gasteiger partial charge is 0.338 e. The zero-order chi connectivity index (χ0) is 17.0. The van der Waals surface area contributed by atoms with Crippen LogP contribution >= 0.6 is 12.2 Å². The van der Waals surface area contributed by atoms with E-state index in [2.05, 4.69) is 10.6 Å². The summed E-state index contributed by atoms with van der Waals surface area (Å²) in [5.41, 5.74) is 1.84. The second-order valence-electron chi connectivity index (χ2n) is 4.95. The SMILES string of the molecule is CCOC(=O)C1=C(C)NC(=S)N[C@@H]1c1ccc(O)c(OCC)c1. The number of nitrogens with one attached hydrogen (secondary N) is 2. The molecule has 0 radical (unpaired) electrons. The summed E-state index contributed by atoms with van der Waals surface area (Å²) in [4.78, 5) is 12.3. The minimum atomic E-state index is -0.470. The Morgan fingerprint density at radius 3 is 2.74 bits per heavy atom. The van der Waals surface area contributed by atoms with Crippen molar-refractivity contribution in [3.05, 3.63) is 35.0 Å². The maximum atomic E-state index is 12.3. The van der Waals surface area contributed by atoms with Crippen LogP contribution in [0.15, 0.2) is 29.5 Å². The third-order valence-corrected chi connectivity index (χ3v) is 3.60.